The smallest absolute Gasteiger partial charge is 0.0620 e. The second-order valence-electron chi connectivity index (χ2n) is 5.40. The average Bonchev–Trinajstić information content (AvgIpc) is 3.12. The number of piperidine rings is 1. The van der Waals surface area contributed by atoms with E-state index in [0.29, 0.717) is 6.04 Å². The van der Waals surface area contributed by atoms with Crippen LogP contribution in [0.25, 0.3) is 0 Å². The summed E-state index contributed by atoms with van der Waals surface area (Å²) in [5.74, 6) is 1.82. The van der Waals surface area contributed by atoms with Gasteiger partial charge in [0.1, 0.15) is 0 Å². The lowest BCUT2D eigenvalue weighted by Gasteiger charge is -2.37. The maximum absolute atomic E-state index is 5.38. The molecule has 3 heteroatoms. The first-order chi connectivity index (χ1) is 7.85. The van der Waals surface area contributed by atoms with Gasteiger partial charge in [0.25, 0.3) is 0 Å². The van der Waals surface area contributed by atoms with Gasteiger partial charge in [0.2, 0.25) is 0 Å². The highest BCUT2D eigenvalue weighted by Crippen LogP contribution is 2.36. The van der Waals surface area contributed by atoms with E-state index in [1.54, 1.807) is 0 Å². The molecule has 1 saturated carbocycles. The van der Waals surface area contributed by atoms with E-state index in [9.17, 15) is 0 Å². The van der Waals surface area contributed by atoms with E-state index >= 15 is 0 Å². The van der Waals surface area contributed by atoms with Crippen LogP contribution >= 0.6 is 0 Å². The van der Waals surface area contributed by atoms with Crippen LogP contribution in [0.4, 0.5) is 0 Å². The van der Waals surface area contributed by atoms with Gasteiger partial charge >= 0.3 is 0 Å². The summed E-state index contributed by atoms with van der Waals surface area (Å²) < 4.78 is 5.38. The van der Waals surface area contributed by atoms with E-state index < -0.39 is 0 Å². The molecule has 1 heterocycles. The van der Waals surface area contributed by atoms with E-state index in [-0.39, 0.29) is 0 Å². The van der Waals surface area contributed by atoms with Gasteiger partial charge in [-0.05, 0) is 64.2 Å². The van der Waals surface area contributed by atoms with Gasteiger partial charge in [-0.25, -0.2) is 0 Å². The quantitative estimate of drug-likeness (QED) is 0.740. The fourth-order valence-electron chi connectivity index (χ4n) is 2.97. The van der Waals surface area contributed by atoms with E-state index in [2.05, 4.69) is 17.3 Å². The SMILES string of the molecule is CNCC1CCN(C(COC)C2CC2)CC1. The maximum Gasteiger partial charge on any atom is 0.0620 e. The van der Waals surface area contributed by atoms with Crippen LogP contribution in [0.2, 0.25) is 0 Å². The highest BCUT2D eigenvalue weighted by atomic mass is 16.5. The monoisotopic (exact) mass is 226 g/mol. The van der Waals surface area contributed by atoms with Gasteiger partial charge in [0.15, 0.2) is 0 Å². The average molecular weight is 226 g/mol. The van der Waals surface area contributed by atoms with Crippen molar-refractivity contribution in [1.82, 2.24) is 10.2 Å². The Hall–Kier alpha value is -0.120. The highest BCUT2D eigenvalue weighted by molar-refractivity contribution is 4.90. The van der Waals surface area contributed by atoms with Crippen molar-refractivity contribution in [3.63, 3.8) is 0 Å². The molecule has 1 aliphatic carbocycles. The largest absolute Gasteiger partial charge is 0.383 e. The molecule has 1 saturated heterocycles. The molecule has 0 radical (unpaired) electrons. The Labute approximate surface area is 99.5 Å². The fourth-order valence-corrected chi connectivity index (χ4v) is 2.97. The van der Waals surface area contributed by atoms with Gasteiger partial charge in [-0.1, -0.05) is 0 Å². The topological polar surface area (TPSA) is 24.5 Å². The lowest BCUT2D eigenvalue weighted by molar-refractivity contribution is 0.0538. The van der Waals surface area contributed by atoms with Crippen LogP contribution in [-0.4, -0.2) is 51.3 Å². The molecule has 1 atom stereocenters. The van der Waals surface area contributed by atoms with Crippen LogP contribution < -0.4 is 5.32 Å². The summed E-state index contributed by atoms with van der Waals surface area (Å²) in [4.78, 5) is 2.67. The molecule has 2 rings (SSSR count). The molecular formula is C13H26N2O. The minimum atomic E-state index is 0.709. The van der Waals surface area contributed by atoms with Crippen molar-refractivity contribution >= 4 is 0 Å². The number of hydrogen-bond donors (Lipinski definition) is 1. The molecule has 0 spiro atoms. The molecule has 0 aromatic rings. The summed E-state index contributed by atoms with van der Waals surface area (Å²) in [5.41, 5.74) is 0. The second-order valence-corrected chi connectivity index (χ2v) is 5.40. The summed E-state index contributed by atoms with van der Waals surface area (Å²) in [5, 5.41) is 3.30. The summed E-state index contributed by atoms with van der Waals surface area (Å²) in [6.45, 7) is 4.67. The maximum atomic E-state index is 5.38. The Morgan fingerprint density at radius 1 is 1.25 bits per heavy atom. The lowest BCUT2D eigenvalue weighted by atomic mass is 9.95. The molecule has 2 fully saturated rings. The number of nitrogens with zero attached hydrogens (tertiary/aromatic N) is 1. The second kappa shape index (κ2) is 5.99. The van der Waals surface area contributed by atoms with Gasteiger partial charge in [0, 0.05) is 13.2 Å². The lowest BCUT2D eigenvalue weighted by Crippen LogP contribution is -2.46. The predicted octanol–water partition coefficient (Wildman–Crippen LogP) is 1.34. The Morgan fingerprint density at radius 3 is 2.44 bits per heavy atom. The molecule has 0 amide bonds. The third kappa shape index (κ3) is 3.19. The van der Waals surface area contributed by atoms with Crippen LogP contribution in [0.3, 0.4) is 0 Å². The van der Waals surface area contributed by atoms with E-state index in [1.165, 1.54) is 45.3 Å². The van der Waals surface area contributed by atoms with Crippen molar-refractivity contribution in [3.05, 3.63) is 0 Å². The van der Waals surface area contributed by atoms with E-state index in [4.69, 9.17) is 4.74 Å². The zero-order valence-electron chi connectivity index (χ0n) is 10.7. The minimum Gasteiger partial charge on any atom is -0.383 e. The fraction of sp³-hybridized carbons (Fsp3) is 1.00. The minimum absolute atomic E-state index is 0.709. The first kappa shape index (κ1) is 12.3. The third-order valence-corrected chi connectivity index (χ3v) is 4.11. The van der Waals surface area contributed by atoms with Gasteiger partial charge in [-0.3, -0.25) is 4.90 Å². The van der Waals surface area contributed by atoms with Gasteiger partial charge in [-0.2, -0.15) is 0 Å². The first-order valence-corrected chi connectivity index (χ1v) is 6.72. The first-order valence-electron chi connectivity index (χ1n) is 6.72. The Kier molecular flexibility index (Phi) is 4.62. The zero-order chi connectivity index (χ0) is 11.4. The molecule has 0 aromatic carbocycles. The third-order valence-electron chi connectivity index (χ3n) is 4.11. The van der Waals surface area contributed by atoms with Crippen molar-refractivity contribution in [2.24, 2.45) is 11.8 Å². The summed E-state index contributed by atoms with van der Waals surface area (Å²) in [6, 6.07) is 0.709. The van der Waals surface area contributed by atoms with Crippen molar-refractivity contribution < 1.29 is 4.74 Å². The van der Waals surface area contributed by atoms with Gasteiger partial charge in [0.05, 0.1) is 6.61 Å². The molecule has 94 valence electrons. The molecule has 16 heavy (non-hydrogen) atoms. The van der Waals surface area contributed by atoms with Crippen LogP contribution in [0.5, 0.6) is 0 Å². The van der Waals surface area contributed by atoms with Crippen LogP contribution in [0.1, 0.15) is 25.7 Å². The standard InChI is InChI=1S/C13H26N2O/c1-14-9-11-5-7-15(8-6-11)13(10-16-2)12-3-4-12/h11-14H,3-10H2,1-2H3. The summed E-state index contributed by atoms with van der Waals surface area (Å²) in [6.07, 6.45) is 5.55. The van der Waals surface area contributed by atoms with Crippen molar-refractivity contribution in [2.45, 2.75) is 31.7 Å². The molecular weight excluding hydrogens is 200 g/mol. The van der Waals surface area contributed by atoms with Crippen molar-refractivity contribution in [3.8, 4) is 0 Å². The number of rotatable bonds is 6. The molecule has 2 aliphatic rings. The van der Waals surface area contributed by atoms with Gasteiger partial charge < -0.3 is 10.1 Å². The number of likely N-dealkylation sites (tertiary alicyclic amines) is 1. The molecule has 1 unspecified atom stereocenters. The van der Waals surface area contributed by atoms with Crippen LogP contribution in [0, 0.1) is 11.8 Å². The summed E-state index contributed by atoms with van der Waals surface area (Å²) in [7, 11) is 3.90. The molecule has 1 N–H and O–H groups in total. The van der Waals surface area contributed by atoms with Crippen molar-refractivity contribution in [1.29, 1.82) is 0 Å². The number of hydrogen-bond acceptors (Lipinski definition) is 3. The highest BCUT2D eigenvalue weighted by Gasteiger charge is 2.36. The number of methoxy groups -OCH3 is 1. The Bertz CT molecular complexity index is 198. The van der Waals surface area contributed by atoms with Crippen molar-refractivity contribution in [2.75, 3.05) is 40.4 Å². The number of nitrogens with one attached hydrogen (secondary N) is 1. The van der Waals surface area contributed by atoms with Crippen LogP contribution in [0.15, 0.2) is 0 Å². The normalized spacial score (nSPS) is 25.9. The number of ether oxygens (including phenoxy) is 1. The zero-order valence-corrected chi connectivity index (χ0v) is 10.7. The predicted molar refractivity (Wildman–Crippen MR) is 66.6 cm³/mol. The van der Waals surface area contributed by atoms with Gasteiger partial charge in [-0.15, -0.1) is 0 Å². The molecule has 0 aromatic heterocycles. The Morgan fingerprint density at radius 2 is 1.94 bits per heavy atom. The molecule has 0 bridgehead atoms. The molecule has 3 nitrogen and oxygen atoms in total. The summed E-state index contributed by atoms with van der Waals surface area (Å²) >= 11 is 0. The molecule has 1 aliphatic heterocycles. The van der Waals surface area contributed by atoms with Crippen LogP contribution in [-0.2, 0) is 4.74 Å². The van der Waals surface area contributed by atoms with E-state index in [1.807, 2.05) is 7.11 Å². The van der Waals surface area contributed by atoms with E-state index in [0.717, 1.165) is 18.4 Å². The Balaban J connectivity index is 1.77.